The topological polar surface area (TPSA) is 62.6 Å². The Hall–Kier alpha value is -2.11. The van der Waals surface area contributed by atoms with Gasteiger partial charge >= 0.3 is 6.09 Å². The number of halogens is 1. The number of benzene rings is 1. The van der Waals surface area contributed by atoms with Crippen molar-refractivity contribution in [2.45, 2.75) is 39.2 Å². The molecular weight excluding hydrogens is 311 g/mol. The van der Waals surface area contributed by atoms with Gasteiger partial charge in [0.15, 0.2) is 11.6 Å². The van der Waals surface area contributed by atoms with Crippen molar-refractivity contribution in [3.63, 3.8) is 0 Å². The van der Waals surface area contributed by atoms with Crippen LogP contribution in [0.3, 0.4) is 0 Å². The summed E-state index contributed by atoms with van der Waals surface area (Å²) >= 11 is 0. The normalized spacial score (nSPS) is 16.0. The van der Waals surface area contributed by atoms with Crippen molar-refractivity contribution in [2.75, 3.05) is 20.2 Å². The van der Waals surface area contributed by atoms with E-state index in [0.717, 1.165) is 0 Å². The Morgan fingerprint density at radius 2 is 1.92 bits per heavy atom. The van der Waals surface area contributed by atoms with E-state index >= 15 is 0 Å². The molecule has 1 aliphatic heterocycles. The van der Waals surface area contributed by atoms with E-state index in [1.54, 1.807) is 17.0 Å². The van der Waals surface area contributed by atoms with E-state index in [1.807, 2.05) is 20.8 Å². The van der Waals surface area contributed by atoms with Gasteiger partial charge in [-0.3, -0.25) is 0 Å². The first-order chi connectivity index (χ1) is 11.2. The second-order valence-corrected chi connectivity index (χ2v) is 6.98. The highest BCUT2D eigenvalue weighted by atomic mass is 19.1. The van der Waals surface area contributed by atoms with Gasteiger partial charge in [-0.1, -0.05) is 6.07 Å². The van der Waals surface area contributed by atoms with E-state index in [2.05, 4.69) is 0 Å². The molecule has 1 saturated heterocycles. The molecule has 0 saturated carbocycles. The van der Waals surface area contributed by atoms with Crippen molar-refractivity contribution in [3.05, 3.63) is 29.6 Å². The van der Waals surface area contributed by atoms with Crippen LogP contribution in [0.25, 0.3) is 0 Å². The molecule has 6 heteroatoms. The monoisotopic (exact) mass is 336 g/mol. The number of methoxy groups -OCH3 is 1. The molecule has 0 aromatic heterocycles. The predicted molar refractivity (Wildman–Crippen MR) is 90.3 cm³/mol. The van der Waals surface area contributed by atoms with Crippen LogP contribution in [0.15, 0.2) is 18.2 Å². The highest BCUT2D eigenvalue weighted by molar-refractivity contribution is 6.00. The van der Waals surface area contributed by atoms with Crippen molar-refractivity contribution >= 4 is 11.8 Å². The summed E-state index contributed by atoms with van der Waals surface area (Å²) in [7, 11) is 1.41. The Labute approximate surface area is 142 Å². The van der Waals surface area contributed by atoms with E-state index in [1.165, 1.54) is 13.2 Å². The Kier molecular flexibility index (Phi) is 5.47. The predicted octanol–water partition coefficient (Wildman–Crippen LogP) is 3.85. The summed E-state index contributed by atoms with van der Waals surface area (Å²) in [6.45, 7) is 6.51. The number of nitrogens with one attached hydrogen (secondary N) is 1. The SMILES string of the molecule is COc1cccc(C(=N)C2CCN(C(=O)OC(C)(C)C)CC2)c1F. The quantitative estimate of drug-likeness (QED) is 0.853. The molecule has 1 heterocycles. The Morgan fingerprint density at radius 3 is 2.46 bits per heavy atom. The third-order valence-corrected chi connectivity index (χ3v) is 4.03. The molecule has 0 unspecified atom stereocenters. The summed E-state index contributed by atoms with van der Waals surface area (Å²) in [6, 6.07) is 4.82. The molecule has 1 aromatic carbocycles. The number of carbonyl (C=O) groups is 1. The van der Waals surface area contributed by atoms with Gasteiger partial charge in [0.25, 0.3) is 0 Å². The second kappa shape index (κ2) is 7.20. The van der Waals surface area contributed by atoms with Crippen molar-refractivity contribution in [3.8, 4) is 5.75 Å². The van der Waals surface area contributed by atoms with Gasteiger partial charge in [-0.15, -0.1) is 0 Å². The second-order valence-electron chi connectivity index (χ2n) is 6.98. The minimum absolute atomic E-state index is 0.0784. The van der Waals surface area contributed by atoms with Gasteiger partial charge in [0.05, 0.1) is 7.11 Å². The lowest BCUT2D eigenvalue weighted by Gasteiger charge is -2.33. The molecule has 2 rings (SSSR count). The van der Waals surface area contributed by atoms with E-state index in [4.69, 9.17) is 14.9 Å². The highest BCUT2D eigenvalue weighted by Gasteiger charge is 2.30. The Morgan fingerprint density at radius 1 is 1.29 bits per heavy atom. The first-order valence-corrected chi connectivity index (χ1v) is 8.12. The van der Waals surface area contributed by atoms with Crippen LogP contribution in [-0.4, -0.2) is 42.5 Å². The fraction of sp³-hybridized carbons (Fsp3) is 0.556. The van der Waals surface area contributed by atoms with E-state index in [-0.39, 0.29) is 29.0 Å². The summed E-state index contributed by atoms with van der Waals surface area (Å²) < 4.78 is 24.7. The van der Waals surface area contributed by atoms with Crippen LogP contribution in [0.5, 0.6) is 5.75 Å². The number of ether oxygens (including phenoxy) is 2. The largest absolute Gasteiger partial charge is 0.494 e. The lowest BCUT2D eigenvalue weighted by atomic mass is 9.88. The molecule has 0 atom stereocenters. The zero-order chi connectivity index (χ0) is 17.9. The lowest BCUT2D eigenvalue weighted by molar-refractivity contribution is 0.0201. The molecule has 1 aromatic rings. The highest BCUT2D eigenvalue weighted by Crippen LogP contribution is 2.27. The van der Waals surface area contributed by atoms with Gasteiger partial charge < -0.3 is 19.8 Å². The third kappa shape index (κ3) is 4.24. The number of likely N-dealkylation sites (tertiary alicyclic amines) is 1. The zero-order valence-electron chi connectivity index (χ0n) is 14.7. The van der Waals surface area contributed by atoms with E-state index < -0.39 is 11.4 Å². The number of carbonyl (C=O) groups excluding carboxylic acids is 1. The van der Waals surface area contributed by atoms with Gasteiger partial charge in [-0.05, 0) is 45.7 Å². The summed E-state index contributed by atoms with van der Waals surface area (Å²) in [6.07, 6.45) is 0.906. The molecule has 24 heavy (non-hydrogen) atoms. The van der Waals surface area contributed by atoms with Crippen LogP contribution in [0.1, 0.15) is 39.2 Å². The first kappa shape index (κ1) is 18.2. The van der Waals surface area contributed by atoms with Crippen LogP contribution in [-0.2, 0) is 4.74 Å². The molecule has 132 valence electrons. The van der Waals surface area contributed by atoms with Crippen molar-refractivity contribution in [2.24, 2.45) is 5.92 Å². The molecule has 1 aliphatic rings. The van der Waals surface area contributed by atoms with Crippen LogP contribution in [0, 0.1) is 17.1 Å². The van der Waals surface area contributed by atoms with Crippen molar-refractivity contribution in [1.82, 2.24) is 4.90 Å². The lowest BCUT2D eigenvalue weighted by Crippen LogP contribution is -2.43. The average molecular weight is 336 g/mol. The number of rotatable bonds is 3. The average Bonchev–Trinajstić information content (AvgIpc) is 2.53. The van der Waals surface area contributed by atoms with E-state index in [9.17, 15) is 9.18 Å². The maximum atomic E-state index is 14.3. The number of piperidine rings is 1. The molecule has 1 amide bonds. The van der Waals surface area contributed by atoms with Gasteiger partial charge in [-0.2, -0.15) is 0 Å². The van der Waals surface area contributed by atoms with Crippen LogP contribution in [0.2, 0.25) is 0 Å². The fourth-order valence-corrected chi connectivity index (χ4v) is 2.77. The zero-order valence-corrected chi connectivity index (χ0v) is 14.7. The molecular formula is C18H25FN2O3. The smallest absolute Gasteiger partial charge is 0.410 e. The van der Waals surface area contributed by atoms with Crippen molar-refractivity contribution < 1.29 is 18.7 Å². The first-order valence-electron chi connectivity index (χ1n) is 8.12. The fourth-order valence-electron chi connectivity index (χ4n) is 2.77. The summed E-state index contributed by atoms with van der Waals surface area (Å²) in [5.41, 5.74) is 0.00461. The molecule has 0 bridgehead atoms. The van der Waals surface area contributed by atoms with Gasteiger partial charge in [0, 0.05) is 30.3 Å². The maximum Gasteiger partial charge on any atom is 0.410 e. The Balaban J connectivity index is 2.00. The molecule has 1 fully saturated rings. The third-order valence-electron chi connectivity index (χ3n) is 4.03. The summed E-state index contributed by atoms with van der Waals surface area (Å²) in [5, 5.41) is 8.32. The number of hydrogen-bond donors (Lipinski definition) is 1. The van der Waals surface area contributed by atoms with Crippen molar-refractivity contribution in [1.29, 1.82) is 5.41 Å². The minimum atomic E-state index is -0.523. The van der Waals surface area contributed by atoms with Crippen LogP contribution < -0.4 is 4.74 Å². The molecule has 1 N–H and O–H groups in total. The molecule has 0 radical (unpaired) electrons. The number of hydrogen-bond acceptors (Lipinski definition) is 4. The van der Waals surface area contributed by atoms with Gasteiger partial charge in [-0.25, -0.2) is 9.18 Å². The maximum absolute atomic E-state index is 14.3. The van der Waals surface area contributed by atoms with Gasteiger partial charge in [0.1, 0.15) is 5.60 Å². The molecule has 5 nitrogen and oxygen atoms in total. The van der Waals surface area contributed by atoms with Gasteiger partial charge in [0.2, 0.25) is 0 Å². The van der Waals surface area contributed by atoms with Crippen LogP contribution >= 0.6 is 0 Å². The standard InChI is InChI=1S/C18H25FN2O3/c1-18(2,3)24-17(22)21-10-8-12(9-11-21)16(20)13-6-5-7-14(23-4)15(13)19/h5-7,12,20H,8-11H2,1-4H3. The van der Waals surface area contributed by atoms with E-state index in [0.29, 0.717) is 25.9 Å². The summed E-state index contributed by atoms with van der Waals surface area (Å²) in [5.74, 6) is -0.437. The molecule has 0 spiro atoms. The minimum Gasteiger partial charge on any atom is -0.494 e. The Bertz CT molecular complexity index is 617. The number of nitrogens with zero attached hydrogens (tertiary/aromatic N) is 1. The summed E-state index contributed by atoms with van der Waals surface area (Å²) in [4.78, 5) is 13.7. The molecule has 0 aliphatic carbocycles. The number of amides is 1. The van der Waals surface area contributed by atoms with Crippen LogP contribution in [0.4, 0.5) is 9.18 Å².